The van der Waals surface area contributed by atoms with Crippen LogP contribution in [0.3, 0.4) is 0 Å². The molecule has 0 aromatic heterocycles. The molecule has 0 rings (SSSR count). The Bertz CT molecular complexity index is 24.6. The molecule has 0 amide bonds. The minimum absolute atomic E-state index is 1.81. The minimum atomic E-state index is -1.81. The molecule has 0 aliphatic rings. The predicted octanol–water partition coefficient (Wildman–Crippen LogP) is -0.223. The summed E-state index contributed by atoms with van der Waals surface area (Å²) in [6.45, 7) is 0. The predicted molar refractivity (Wildman–Crippen MR) is 6.63 cm³/mol. The van der Waals surface area contributed by atoms with Crippen molar-refractivity contribution in [1.29, 1.82) is 0 Å². The number of hydrogen-bond donors (Lipinski definition) is 2. The first-order chi connectivity index (χ1) is 2.41. The van der Waals surface area contributed by atoms with Crippen LogP contribution in [0.4, 0.5) is 0 Å². The van der Waals surface area contributed by atoms with Crippen molar-refractivity contribution in [3.63, 3.8) is 0 Å². The zero-order valence-electron chi connectivity index (χ0n) is 2.16. The summed E-state index contributed by atoms with van der Waals surface area (Å²) in [4.78, 5) is 0. The molecular formula is H2O4V. The summed E-state index contributed by atoms with van der Waals surface area (Å²) in [6, 6.07) is 0. The molecule has 5 heteroatoms. The second kappa shape index (κ2) is 32.4. The molecule has 0 bridgehead atoms. The summed E-state index contributed by atoms with van der Waals surface area (Å²) in [5.74, 6) is 0. The molecule has 0 aliphatic heterocycles. The van der Waals surface area contributed by atoms with Gasteiger partial charge in [0, 0.05) is 0 Å². The molecular weight excluding hydrogens is 115 g/mol. The summed E-state index contributed by atoms with van der Waals surface area (Å²) in [5, 5.41) is 12.0. The first kappa shape index (κ1) is 8.92. The van der Waals surface area contributed by atoms with Gasteiger partial charge in [0.15, 0.2) is 0 Å². The third-order valence-electron chi connectivity index (χ3n) is 0. The van der Waals surface area contributed by atoms with Gasteiger partial charge in [0.25, 0.3) is 0 Å². The zero-order valence-corrected chi connectivity index (χ0v) is 3.55. The van der Waals surface area contributed by atoms with E-state index in [-0.39, 0.29) is 0 Å². The maximum absolute atomic E-state index is 8.47. The normalized spacial score (nSPS) is 2.80. The Labute approximate surface area is 34.9 Å². The van der Waals surface area contributed by atoms with Crippen LogP contribution in [0, 0.1) is 0 Å². The van der Waals surface area contributed by atoms with Crippen LogP contribution in [0.2, 0.25) is 0 Å². The Kier molecular flexibility index (Phi) is 57.9. The molecule has 0 fully saturated rings. The van der Waals surface area contributed by atoms with Crippen molar-refractivity contribution in [2.24, 2.45) is 0 Å². The summed E-state index contributed by atoms with van der Waals surface area (Å²) >= 11 is -1.81. The molecule has 0 aromatic rings. The molecule has 0 heterocycles. The molecule has 0 atom stereocenters. The van der Waals surface area contributed by atoms with Crippen LogP contribution < -0.4 is 0 Å². The van der Waals surface area contributed by atoms with Gasteiger partial charge in [-0.3, -0.25) is 10.5 Å². The number of hydrogen-bond acceptors (Lipinski definition) is 4. The van der Waals surface area contributed by atoms with E-state index in [9.17, 15) is 0 Å². The molecule has 0 spiro atoms. The average Bonchev–Trinajstić information content (AvgIpc) is 1.46. The summed E-state index contributed by atoms with van der Waals surface area (Å²) in [6.07, 6.45) is 0. The molecule has 0 saturated carbocycles. The van der Waals surface area contributed by atoms with Crippen molar-refractivity contribution < 1.29 is 34.0 Å². The van der Waals surface area contributed by atoms with Crippen molar-refractivity contribution in [3.8, 4) is 0 Å². The Morgan fingerprint density at radius 2 is 1.20 bits per heavy atom. The fourth-order valence-electron chi connectivity index (χ4n) is 0. The molecule has 5 heavy (non-hydrogen) atoms. The van der Waals surface area contributed by atoms with Gasteiger partial charge in [0.05, 0.1) is 0 Å². The molecule has 0 radical (unpaired) electrons. The van der Waals surface area contributed by atoms with Crippen LogP contribution in [0.5, 0.6) is 0 Å². The van der Waals surface area contributed by atoms with Crippen LogP contribution in [-0.2, 0) is 23.5 Å². The van der Waals surface area contributed by atoms with Gasteiger partial charge >= 0.3 is 23.5 Å². The van der Waals surface area contributed by atoms with Crippen molar-refractivity contribution in [1.82, 2.24) is 0 Å². The third kappa shape index (κ3) is 1670. The Hall–Kier alpha value is 0.104. The average molecular weight is 117 g/mol. The number of rotatable bonds is 0. The van der Waals surface area contributed by atoms with E-state index in [0.29, 0.717) is 0 Å². The van der Waals surface area contributed by atoms with E-state index in [2.05, 4.69) is 0 Å². The van der Waals surface area contributed by atoms with Gasteiger partial charge in [-0.05, 0) is 0 Å². The maximum atomic E-state index is 8.47. The van der Waals surface area contributed by atoms with E-state index in [4.69, 9.17) is 17.9 Å². The van der Waals surface area contributed by atoms with Crippen molar-refractivity contribution in [2.45, 2.75) is 0 Å². The molecule has 31 valence electrons. The third-order valence-corrected chi connectivity index (χ3v) is 0. The van der Waals surface area contributed by atoms with Gasteiger partial charge < -0.3 is 0 Å². The van der Waals surface area contributed by atoms with Crippen LogP contribution in [0.25, 0.3) is 0 Å². The summed E-state index contributed by atoms with van der Waals surface area (Å²) < 4.78 is 16.9. The molecule has 0 aliphatic carbocycles. The summed E-state index contributed by atoms with van der Waals surface area (Å²) in [5.41, 5.74) is 0. The zero-order chi connectivity index (χ0) is 4.71. The second-order valence-electron chi connectivity index (χ2n) is 0.0745. The molecule has 0 unspecified atom stereocenters. The van der Waals surface area contributed by atoms with Crippen LogP contribution >= 0.6 is 0 Å². The SMILES string of the molecule is OO.[O]=[V]=[O]. The van der Waals surface area contributed by atoms with Gasteiger partial charge in [-0.25, -0.2) is 0 Å². The van der Waals surface area contributed by atoms with E-state index in [1.165, 1.54) is 0 Å². The first-order valence-corrected chi connectivity index (χ1v) is 1.71. The topological polar surface area (TPSA) is 74.6 Å². The molecule has 4 nitrogen and oxygen atoms in total. The Morgan fingerprint density at radius 3 is 1.20 bits per heavy atom. The standard InChI is InChI=1S/H2O2.2O.V/c1-2;;;/h1-2H;;;. The van der Waals surface area contributed by atoms with Crippen LogP contribution in [0.1, 0.15) is 0 Å². The van der Waals surface area contributed by atoms with E-state index < -0.39 is 16.2 Å². The molecule has 2 N–H and O–H groups in total. The van der Waals surface area contributed by atoms with Crippen molar-refractivity contribution >= 4 is 0 Å². The van der Waals surface area contributed by atoms with Gasteiger partial charge in [0.2, 0.25) is 0 Å². The fraction of sp³-hybridized carbons (Fsp3) is 0. The first-order valence-electron chi connectivity index (χ1n) is 0.565. The van der Waals surface area contributed by atoms with Crippen molar-refractivity contribution in [2.75, 3.05) is 0 Å². The van der Waals surface area contributed by atoms with Gasteiger partial charge in [0.1, 0.15) is 0 Å². The quantitative estimate of drug-likeness (QED) is 0.339. The van der Waals surface area contributed by atoms with E-state index in [0.717, 1.165) is 0 Å². The molecule has 0 aromatic carbocycles. The second-order valence-corrected chi connectivity index (χ2v) is 0.307. The Morgan fingerprint density at radius 1 is 1.20 bits per heavy atom. The summed E-state index contributed by atoms with van der Waals surface area (Å²) in [7, 11) is 0. The fourth-order valence-corrected chi connectivity index (χ4v) is 0. The Balaban J connectivity index is 0. The molecule has 0 saturated heterocycles. The van der Waals surface area contributed by atoms with Gasteiger partial charge in [-0.1, -0.05) is 0 Å². The van der Waals surface area contributed by atoms with Crippen molar-refractivity contribution in [3.05, 3.63) is 0 Å². The van der Waals surface area contributed by atoms with E-state index in [1.807, 2.05) is 0 Å². The van der Waals surface area contributed by atoms with E-state index >= 15 is 0 Å². The van der Waals surface area contributed by atoms with Gasteiger partial charge in [-0.2, -0.15) is 0 Å². The monoisotopic (exact) mass is 117 g/mol. The van der Waals surface area contributed by atoms with Gasteiger partial charge in [-0.15, -0.1) is 0 Å². The van der Waals surface area contributed by atoms with E-state index in [1.54, 1.807) is 0 Å². The van der Waals surface area contributed by atoms with Crippen LogP contribution in [-0.4, -0.2) is 10.5 Å². The van der Waals surface area contributed by atoms with Crippen LogP contribution in [0.15, 0.2) is 0 Å².